The van der Waals surface area contributed by atoms with Crippen LogP contribution in [0.1, 0.15) is 18.4 Å². The monoisotopic (exact) mass is 288 g/mol. The summed E-state index contributed by atoms with van der Waals surface area (Å²) in [6, 6.07) is 8.20. The van der Waals surface area contributed by atoms with E-state index in [-0.39, 0.29) is 6.04 Å². The molecule has 0 atom stereocenters. The minimum atomic E-state index is -0.918. The first kappa shape index (κ1) is 13.9. The van der Waals surface area contributed by atoms with Crippen molar-refractivity contribution in [2.75, 3.05) is 19.6 Å². The Balaban J connectivity index is 1.51. The number of nitrogens with zero attached hydrogens (tertiary/aromatic N) is 1. The number of para-hydroxylation sites is 1. The van der Waals surface area contributed by atoms with Gasteiger partial charge in [-0.2, -0.15) is 0 Å². The van der Waals surface area contributed by atoms with Gasteiger partial charge in [0.1, 0.15) is 5.58 Å². The highest BCUT2D eigenvalue weighted by Gasteiger charge is 2.20. The van der Waals surface area contributed by atoms with Crippen LogP contribution in [-0.2, 0) is 6.42 Å². The van der Waals surface area contributed by atoms with Crippen LogP contribution in [0.3, 0.4) is 0 Å². The molecule has 0 bridgehead atoms. The molecule has 0 saturated carbocycles. The molecule has 1 aromatic heterocycles. The van der Waals surface area contributed by atoms with E-state index in [1.807, 2.05) is 24.5 Å². The molecule has 3 rings (SSSR count). The fraction of sp³-hybridized carbons (Fsp3) is 0.438. The van der Waals surface area contributed by atoms with Crippen molar-refractivity contribution in [2.24, 2.45) is 0 Å². The summed E-state index contributed by atoms with van der Waals surface area (Å²) in [6.07, 6.45) is 3.67. The standard InChI is InChI=1S/C16H20N2O3/c19-16(20)17-13-6-9-18(10-7-13)8-5-12-11-21-15-4-2-1-3-14(12)15/h1-4,11,13,17H,5-10H2,(H,19,20). The van der Waals surface area contributed by atoms with Gasteiger partial charge in [0.2, 0.25) is 0 Å². The van der Waals surface area contributed by atoms with Gasteiger partial charge in [0.15, 0.2) is 0 Å². The molecule has 112 valence electrons. The van der Waals surface area contributed by atoms with E-state index in [0.29, 0.717) is 0 Å². The smallest absolute Gasteiger partial charge is 0.404 e. The second-order valence-electron chi connectivity index (χ2n) is 5.57. The first-order valence-corrected chi connectivity index (χ1v) is 7.39. The molecular formula is C16H20N2O3. The van der Waals surface area contributed by atoms with Crippen LogP contribution in [0.15, 0.2) is 34.9 Å². The van der Waals surface area contributed by atoms with Crippen molar-refractivity contribution >= 4 is 17.1 Å². The third-order valence-corrected chi connectivity index (χ3v) is 4.17. The quantitative estimate of drug-likeness (QED) is 0.908. The molecule has 1 aliphatic heterocycles. The van der Waals surface area contributed by atoms with Crippen LogP contribution in [-0.4, -0.2) is 41.8 Å². The van der Waals surface area contributed by atoms with Gasteiger partial charge in [-0.1, -0.05) is 18.2 Å². The maximum atomic E-state index is 10.6. The van der Waals surface area contributed by atoms with Crippen LogP contribution < -0.4 is 5.32 Å². The summed E-state index contributed by atoms with van der Waals surface area (Å²) in [4.78, 5) is 13.0. The van der Waals surface area contributed by atoms with E-state index in [1.165, 1.54) is 10.9 Å². The predicted molar refractivity (Wildman–Crippen MR) is 80.5 cm³/mol. The van der Waals surface area contributed by atoms with Gasteiger partial charge in [0, 0.05) is 31.1 Å². The molecule has 0 unspecified atom stereocenters. The van der Waals surface area contributed by atoms with Crippen molar-refractivity contribution < 1.29 is 14.3 Å². The summed E-state index contributed by atoms with van der Waals surface area (Å²) in [7, 11) is 0. The zero-order valence-electron chi connectivity index (χ0n) is 11.9. The lowest BCUT2D eigenvalue weighted by molar-refractivity contribution is 0.169. The van der Waals surface area contributed by atoms with Gasteiger partial charge in [-0.05, 0) is 30.9 Å². The number of piperidine rings is 1. The second-order valence-corrected chi connectivity index (χ2v) is 5.57. The highest BCUT2D eigenvalue weighted by Crippen LogP contribution is 2.21. The van der Waals surface area contributed by atoms with Crippen molar-refractivity contribution in [1.29, 1.82) is 0 Å². The zero-order valence-corrected chi connectivity index (χ0v) is 11.9. The highest BCUT2D eigenvalue weighted by molar-refractivity contribution is 5.80. The number of rotatable bonds is 4. The molecule has 21 heavy (non-hydrogen) atoms. The second kappa shape index (κ2) is 6.18. The Hall–Kier alpha value is -2.01. The third-order valence-electron chi connectivity index (χ3n) is 4.17. The Morgan fingerprint density at radius 1 is 1.33 bits per heavy atom. The van der Waals surface area contributed by atoms with E-state index in [4.69, 9.17) is 9.52 Å². The molecule has 2 aromatic rings. The molecule has 1 aliphatic rings. The largest absolute Gasteiger partial charge is 0.465 e. The number of hydrogen-bond acceptors (Lipinski definition) is 3. The number of benzene rings is 1. The molecule has 1 saturated heterocycles. The molecule has 0 aliphatic carbocycles. The SMILES string of the molecule is O=C(O)NC1CCN(CCc2coc3ccccc23)CC1. The summed E-state index contributed by atoms with van der Waals surface area (Å²) in [5.74, 6) is 0. The molecule has 0 spiro atoms. The van der Waals surface area contributed by atoms with Crippen molar-refractivity contribution in [2.45, 2.75) is 25.3 Å². The predicted octanol–water partition coefficient (Wildman–Crippen LogP) is 2.71. The number of carboxylic acid groups (broad SMARTS) is 1. The maximum Gasteiger partial charge on any atom is 0.404 e. The first-order valence-electron chi connectivity index (χ1n) is 7.39. The van der Waals surface area contributed by atoms with Crippen LogP contribution in [0.4, 0.5) is 4.79 Å². The van der Waals surface area contributed by atoms with Crippen molar-refractivity contribution in [3.63, 3.8) is 0 Å². The van der Waals surface area contributed by atoms with Gasteiger partial charge in [-0.3, -0.25) is 0 Å². The molecule has 1 aromatic carbocycles. The molecule has 2 heterocycles. The number of hydrogen-bond donors (Lipinski definition) is 2. The Labute approximate surface area is 123 Å². The fourth-order valence-corrected chi connectivity index (χ4v) is 2.98. The van der Waals surface area contributed by atoms with Crippen LogP contribution in [0, 0.1) is 0 Å². The van der Waals surface area contributed by atoms with E-state index >= 15 is 0 Å². The topological polar surface area (TPSA) is 65.7 Å². The number of furan rings is 1. The summed E-state index contributed by atoms with van der Waals surface area (Å²) >= 11 is 0. The Morgan fingerprint density at radius 3 is 2.86 bits per heavy atom. The average Bonchev–Trinajstić information content (AvgIpc) is 2.89. The molecule has 0 radical (unpaired) electrons. The molecule has 5 nitrogen and oxygen atoms in total. The van der Waals surface area contributed by atoms with E-state index in [9.17, 15) is 4.79 Å². The maximum absolute atomic E-state index is 10.6. The van der Waals surface area contributed by atoms with Gasteiger partial charge in [0.05, 0.1) is 6.26 Å². The van der Waals surface area contributed by atoms with Crippen molar-refractivity contribution in [3.8, 4) is 0 Å². The average molecular weight is 288 g/mol. The summed E-state index contributed by atoms with van der Waals surface area (Å²) in [6.45, 7) is 2.88. The minimum Gasteiger partial charge on any atom is -0.465 e. The summed E-state index contributed by atoms with van der Waals surface area (Å²) in [5, 5.41) is 12.5. The van der Waals surface area contributed by atoms with Gasteiger partial charge in [0.25, 0.3) is 0 Å². The van der Waals surface area contributed by atoms with Crippen LogP contribution in [0.25, 0.3) is 11.0 Å². The lowest BCUT2D eigenvalue weighted by Gasteiger charge is -2.31. The van der Waals surface area contributed by atoms with E-state index in [1.54, 1.807) is 0 Å². The first-order chi connectivity index (χ1) is 10.2. The van der Waals surface area contributed by atoms with E-state index in [0.717, 1.165) is 44.5 Å². The molecule has 5 heteroatoms. The Kier molecular flexibility index (Phi) is 4.10. The third kappa shape index (κ3) is 3.36. The summed E-state index contributed by atoms with van der Waals surface area (Å²) in [5.41, 5.74) is 2.19. The van der Waals surface area contributed by atoms with Crippen LogP contribution in [0.2, 0.25) is 0 Å². The Bertz CT molecular complexity index is 615. The van der Waals surface area contributed by atoms with Crippen molar-refractivity contribution in [3.05, 3.63) is 36.1 Å². The normalized spacial score (nSPS) is 17.1. The fourth-order valence-electron chi connectivity index (χ4n) is 2.98. The van der Waals surface area contributed by atoms with Crippen LogP contribution >= 0.6 is 0 Å². The number of carbonyl (C=O) groups is 1. The highest BCUT2D eigenvalue weighted by atomic mass is 16.4. The van der Waals surface area contributed by atoms with Gasteiger partial charge < -0.3 is 19.7 Å². The molecule has 2 N–H and O–H groups in total. The van der Waals surface area contributed by atoms with Gasteiger partial charge in [-0.25, -0.2) is 4.79 Å². The lowest BCUT2D eigenvalue weighted by Crippen LogP contribution is -2.44. The number of fused-ring (bicyclic) bond motifs is 1. The van der Waals surface area contributed by atoms with Gasteiger partial charge in [-0.15, -0.1) is 0 Å². The molecule has 1 amide bonds. The van der Waals surface area contributed by atoms with E-state index in [2.05, 4.69) is 16.3 Å². The number of likely N-dealkylation sites (tertiary alicyclic amines) is 1. The molecular weight excluding hydrogens is 268 g/mol. The lowest BCUT2D eigenvalue weighted by atomic mass is 10.0. The summed E-state index contributed by atoms with van der Waals surface area (Å²) < 4.78 is 5.56. The van der Waals surface area contributed by atoms with Crippen molar-refractivity contribution in [1.82, 2.24) is 10.2 Å². The number of amides is 1. The number of nitrogens with one attached hydrogen (secondary N) is 1. The Morgan fingerprint density at radius 2 is 2.10 bits per heavy atom. The van der Waals surface area contributed by atoms with Crippen LogP contribution in [0.5, 0.6) is 0 Å². The zero-order chi connectivity index (χ0) is 14.7. The molecule has 1 fully saturated rings. The van der Waals surface area contributed by atoms with Gasteiger partial charge >= 0.3 is 6.09 Å². The van der Waals surface area contributed by atoms with E-state index < -0.39 is 6.09 Å². The minimum absolute atomic E-state index is 0.105.